The van der Waals surface area contributed by atoms with Gasteiger partial charge >= 0.3 is 12.2 Å². The second-order valence-corrected chi connectivity index (χ2v) is 7.77. The second-order valence-electron chi connectivity index (χ2n) is 7.77. The van der Waals surface area contributed by atoms with Crippen molar-refractivity contribution in [2.45, 2.75) is 58.3 Å². The Morgan fingerprint density at radius 3 is 2.69 bits per heavy atom. The highest BCUT2D eigenvalue weighted by Gasteiger charge is 2.29. The Morgan fingerprint density at radius 1 is 1.22 bits per heavy atom. The van der Waals surface area contributed by atoms with Crippen LogP contribution in [-0.4, -0.2) is 44.1 Å². The average molecular weight is 448 g/mol. The molecule has 0 radical (unpaired) electrons. The minimum atomic E-state index is -4.23. The molecule has 3 aromatic rings. The molecule has 0 aliphatic rings. The molecule has 1 aromatic carbocycles. The molecule has 0 saturated heterocycles. The lowest BCUT2D eigenvalue weighted by Gasteiger charge is -2.31. The van der Waals surface area contributed by atoms with Crippen LogP contribution in [0.3, 0.4) is 0 Å². The van der Waals surface area contributed by atoms with Crippen LogP contribution in [-0.2, 0) is 0 Å². The van der Waals surface area contributed by atoms with Crippen LogP contribution in [0.2, 0.25) is 0 Å². The molecule has 32 heavy (non-hydrogen) atoms. The number of carbonyl (C=O) groups is 1. The number of hydrogen-bond acceptors (Lipinski definition) is 3. The summed E-state index contributed by atoms with van der Waals surface area (Å²) in [5.41, 5.74) is 2.79. The third-order valence-electron chi connectivity index (χ3n) is 5.61. The molecule has 1 N–H and O–H groups in total. The summed E-state index contributed by atoms with van der Waals surface area (Å²) in [4.78, 5) is 23.0. The molecule has 9 heteroatoms. The van der Waals surface area contributed by atoms with Crippen molar-refractivity contribution in [2.75, 3.05) is 6.54 Å². The zero-order chi connectivity index (χ0) is 23.3. The van der Waals surface area contributed by atoms with E-state index in [9.17, 15) is 18.0 Å². The molecular formula is C23H28F3N5O. The minimum Gasteiger partial charge on any atom is -0.335 e. The first-order valence-corrected chi connectivity index (χ1v) is 10.7. The van der Waals surface area contributed by atoms with Crippen molar-refractivity contribution in [3.63, 3.8) is 0 Å². The summed E-state index contributed by atoms with van der Waals surface area (Å²) in [5, 5.41) is 2.77. The van der Waals surface area contributed by atoms with Crippen LogP contribution in [0.15, 0.2) is 49.1 Å². The van der Waals surface area contributed by atoms with Crippen molar-refractivity contribution in [1.29, 1.82) is 0 Å². The van der Waals surface area contributed by atoms with Gasteiger partial charge < -0.3 is 10.2 Å². The summed E-state index contributed by atoms with van der Waals surface area (Å²) < 4.78 is 39.6. The Kier molecular flexibility index (Phi) is 7.37. The molecule has 0 aliphatic carbocycles. The van der Waals surface area contributed by atoms with E-state index in [1.54, 1.807) is 24.2 Å². The number of alkyl halides is 3. The molecule has 2 atom stereocenters. The normalized spacial score (nSPS) is 13.7. The quantitative estimate of drug-likeness (QED) is 0.488. The summed E-state index contributed by atoms with van der Waals surface area (Å²) in [7, 11) is 0. The molecule has 1 unspecified atom stereocenters. The fraction of sp³-hybridized carbons (Fsp3) is 0.435. The van der Waals surface area contributed by atoms with E-state index in [0.29, 0.717) is 18.7 Å². The van der Waals surface area contributed by atoms with Crippen LogP contribution in [0.1, 0.15) is 51.6 Å². The molecular weight excluding hydrogens is 419 g/mol. The fourth-order valence-corrected chi connectivity index (χ4v) is 3.69. The summed E-state index contributed by atoms with van der Waals surface area (Å²) in [5.74, 6) is 0.614. The number of nitrogens with one attached hydrogen (secondary N) is 1. The highest BCUT2D eigenvalue weighted by Crippen LogP contribution is 2.27. The summed E-state index contributed by atoms with van der Waals surface area (Å²) in [6.07, 6.45) is 2.36. The Labute approximate surface area is 185 Å². The maximum atomic E-state index is 12.9. The van der Waals surface area contributed by atoms with Crippen molar-refractivity contribution in [2.24, 2.45) is 0 Å². The van der Waals surface area contributed by atoms with Gasteiger partial charge in [-0.2, -0.15) is 13.2 Å². The number of hydrogen-bond donors (Lipinski definition) is 1. The van der Waals surface area contributed by atoms with Gasteiger partial charge in [-0.25, -0.2) is 14.8 Å². The third kappa shape index (κ3) is 5.77. The Bertz CT molecular complexity index is 1050. The Hall–Kier alpha value is -3.10. The third-order valence-corrected chi connectivity index (χ3v) is 5.61. The first-order chi connectivity index (χ1) is 15.2. The largest absolute Gasteiger partial charge is 0.389 e. The molecule has 2 amide bonds. The average Bonchev–Trinajstić information content (AvgIpc) is 3.24. The Morgan fingerprint density at radius 2 is 2.00 bits per heavy atom. The number of urea groups is 1. The van der Waals surface area contributed by atoms with Gasteiger partial charge in [-0.3, -0.25) is 4.40 Å². The van der Waals surface area contributed by atoms with Crippen LogP contribution in [0.4, 0.5) is 18.0 Å². The SMILES string of the molecule is CCC(CCC(F)(F)F)NC(=O)N(CC)[C@H](C)c1cccc(-c2cnc3nccn3c2)c1. The standard InChI is InChI=1S/C23H28F3N5O/c1-4-20(9-10-23(24,25)26)29-22(32)31(5-2)16(3)17-7-6-8-18(13-17)19-14-28-21-27-11-12-30(21)15-19/h6-8,11-16,20H,4-5,9-10H2,1-3H3,(H,29,32)/t16-,20?/m1/s1. The summed E-state index contributed by atoms with van der Waals surface area (Å²) in [6, 6.07) is 6.69. The van der Waals surface area contributed by atoms with Gasteiger partial charge in [0.15, 0.2) is 0 Å². The molecule has 0 saturated carbocycles. The van der Waals surface area contributed by atoms with E-state index >= 15 is 0 Å². The van der Waals surface area contributed by atoms with Gasteiger partial charge in [-0.05, 0) is 43.9 Å². The number of imidazole rings is 1. The van der Waals surface area contributed by atoms with Gasteiger partial charge in [0.1, 0.15) is 0 Å². The van der Waals surface area contributed by atoms with Gasteiger partial charge in [-0.15, -0.1) is 0 Å². The minimum absolute atomic E-state index is 0.128. The molecule has 2 aromatic heterocycles. The van der Waals surface area contributed by atoms with Crippen molar-refractivity contribution in [3.05, 3.63) is 54.6 Å². The summed E-state index contributed by atoms with van der Waals surface area (Å²) >= 11 is 0. The van der Waals surface area contributed by atoms with Crippen molar-refractivity contribution < 1.29 is 18.0 Å². The van der Waals surface area contributed by atoms with E-state index in [2.05, 4.69) is 15.3 Å². The summed E-state index contributed by atoms with van der Waals surface area (Å²) in [6.45, 7) is 5.97. The number of aromatic nitrogens is 3. The van der Waals surface area contributed by atoms with E-state index < -0.39 is 18.6 Å². The first-order valence-electron chi connectivity index (χ1n) is 10.7. The number of nitrogens with zero attached hydrogens (tertiary/aromatic N) is 4. The first kappa shape index (κ1) is 23.6. The molecule has 2 heterocycles. The second kappa shape index (κ2) is 10.0. The van der Waals surface area contributed by atoms with Gasteiger partial charge in [0.2, 0.25) is 5.78 Å². The molecule has 0 fully saturated rings. The van der Waals surface area contributed by atoms with E-state index in [0.717, 1.165) is 16.7 Å². The molecule has 3 rings (SSSR count). The number of fused-ring (bicyclic) bond motifs is 1. The number of benzene rings is 1. The monoisotopic (exact) mass is 447 g/mol. The highest BCUT2D eigenvalue weighted by molar-refractivity contribution is 5.75. The van der Waals surface area contributed by atoms with E-state index in [-0.39, 0.29) is 18.5 Å². The van der Waals surface area contributed by atoms with Crippen molar-refractivity contribution in [1.82, 2.24) is 24.6 Å². The van der Waals surface area contributed by atoms with E-state index in [1.807, 2.05) is 54.9 Å². The van der Waals surface area contributed by atoms with Crippen LogP contribution < -0.4 is 5.32 Å². The van der Waals surface area contributed by atoms with Crippen molar-refractivity contribution >= 4 is 11.8 Å². The Balaban J connectivity index is 1.74. The van der Waals surface area contributed by atoms with Crippen LogP contribution in [0.25, 0.3) is 16.9 Å². The lowest BCUT2D eigenvalue weighted by Crippen LogP contribution is -2.45. The molecule has 6 nitrogen and oxygen atoms in total. The number of carbonyl (C=O) groups excluding carboxylic acids is 1. The lowest BCUT2D eigenvalue weighted by atomic mass is 10.0. The van der Waals surface area contributed by atoms with Gasteiger partial charge in [0.05, 0.1) is 6.04 Å². The zero-order valence-electron chi connectivity index (χ0n) is 18.4. The number of rotatable bonds is 8. The maximum Gasteiger partial charge on any atom is 0.389 e. The predicted octanol–water partition coefficient (Wildman–Crippen LogP) is 5.61. The van der Waals surface area contributed by atoms with Gasteiger partial charge in [0, 0.05) is 49.4 Å². The van der Waals surface area contributed by atoms with Crippen molar-refractivity contribution in [3.8, 4) is 11.1 Å². The lowest BCUT2D eigenvalue weighted by molar-refractivity contribution is -0.136. The predicted molar refractivity (Wildman–Crippen MR) is 117 cm³/mol. The van der Waals surface area contributed by atoms with E-state index in [1.165, 1.54) is 0 Å². The zero-order valence-corrected chi connectivity index (χ0v) is 18.4. The molecule has 0 bridgehead atoms. The van der Waals surface area contributed by atoms with Gasteiger partial charge in [-0.1, -0.05) is 25.1 Å². The topological polar surface area (TPSA) is 62.5 Å². The van der Waals surface area contributed by atoms with Crippen LogP contribution in [0.5, 0.6) is 0 Å². The highest BCUT2D eigenvalue weighted by atomic mass is 19.4. The number of amides is 2. The maximum absolute atomic E-state index is 12.9. The van der Waals surface area contributed by atoms with Gasteiger partial charge in [0.25, 0.3) is 0 Å². The fourth-order valence-electron chi connectivity index (χ4n) is 3.69. The van der Waals surface area contributed by atoms with Crippen LogP contribution in [0, 0.1) is 0 Å². The molecule has 0 spiro atoms. The van der Waals surface area contributed by atoms with E-state index in [4.69, 9.17) is 0 Å². The molecule has 172 valence electrons. The smallest absolute Gasteiger partial charge is 0.335 e. The number of halogens is 3. The molecule has 0 aliphatic heterocycles. The van der Waals surface area contributed by atoms with Crippen LogP contribution >= 0.6 is 0 Å².